The molecule has 0 bridgehead atoms. The van der Waals surface area contributed by atoms with E-state index in [1.54, 1.807) is 27.6 Å². The third-order valence-corrected chi connectivity index (χ3v) is 7.45. The molecule has 0 saturated carbocycles. The summed E-state index contributed by atoms with van der Waals surface area (Å²) in [5.41, 5.74) is 1.25. The average molecular weight is 483 g/mol. The number of hydrogen-bond acceptors (Lipinski definition) is 4. The van der Waals surface area contributed by atoms with Crippen molar-refractivity contribution in [3.05, 3.63) is 70.4 Å². The molecule has 1 aliphatic rings. The Hall–Kier alpha value is -2.46. The number of nitrogens with zero attached hydrogens (tertiary/aromatic N) is 4. The van der Waals surface area contributed by atoms with Crippen molar-refractivity contribution in [2.75, 3.05) is 26.2 Å². The van der Waals surface area contributed by atoms with Crippen molar-refractivity contribution in [2.24, 2.45) is 0 Å². The van der Waals surface area contributed by atoms with Crippen LogP contribution in [0.25, 0.3) is 11.7 Å². The van der Waals surface area contributed by atoms with Crippen LogP contribution in [0.5, 0.6) is 0 Å². The Morgan fingerprint density at radius 3 is 2.55 bits per heavy atom. The number of sulfonamides is 1. The summed E-state index contributed by atoms with van der Waals surface area (Å²) in [5, 5.41) is 0.0233. The maximum absolute atomic E-state index is 13.4. The molecule has 162 valence electrons. The molecule has 3 aromatic rings. The number of benzene rings is 1. The summed E-state index contributed by atoms with van der Waals surface area (Å²) in [6, 6.07) is 8.76. The Bertz CT molecular complexity index is 1280. The second-order valence-corrected chi connectivity index (χ2v) is 9.56. The number of carbonyl (C=O) groups is 1. The molecule has 2 aromatic heterocycles. The van der Waals surface area contributed by atoms with Gasteiger partial charge in [0.15, 0.2) is 5.15 Å². The van der Waals surface area contributed by atoms with Crippen molar-refractivity contribution in [1.82, 2.24) is 18.6 Å². The topological polar surface area (TPSA) is 75.0 Å². The number of hydrogen-bond donors (Lipinski definition) is 0. The number of fused-ring (bicyclic) bond motifs is 1. The minimum absolute atomic E-state index is 0.0826. The first-order chi connectivity index (χ1) is 14.8. The second-order valence-electron chi connectivity index (χ2n) is 6.86. The van der Waals surface area contributed by atoms with Crippen LogP contribution in [0.1, 0.15) is 5.69 Å². The number of carbonyl (C=O) groups excluding carboxylic acids is 1. The lowest BCUT2D eigenvalue weighted by atomic mass is 10.3. The van der Waals surface area contributed by atoms with Gasteiger partial charge < -0.3 is 4.90 Å². The number of halogens is 3. The summed E-state index contributed by atoms with van der Waals surface area (Å²) in [7, 11) is -3.83. The number of imidazole rings is 1. The van der Waals surface area contributed by atoms with E-state index in [1.807, 2.05) is 12.1 Å². The molecule has 1 saturated heterocycles. The zero-order valence-electron chi connectivity index (χ0n) is 16.1. The van der Waals surface area contributed by atoms with Crippen LogP contribution in [0.15, 0.2) is 53.6 Å². The van der Waals surface area contributed by atoms with Crippen LogP contribution in [0.4, 0.5) is 4.39 Å². The highest BCUT2D eigenvalue weighted by Crippen LogP contribution is 2.23. The van der Waals surface area contributed by atoms with Gasteiger partial charge in [-0.1, -0.05) is 29.3 Å². The van der Waals surface area contributed by atoms with Gasteiger partial charge in [0.25, 0.3) is 0 Å². The fourth-order valence-electron chi connectivity index (χ4n) is 3.33. The second kappa shape index (κ2) is 8.58. The van der Waals surface area contributed by atoms with Gasteiger partial charge in [0.2, 0.25) is 15.9 Å². The number of amides is 1. The Morgan fingerprint density at radius 1 is 1.10 bits per heavy atom. The first-order valence-electron chi connectivity index (χ1n) is 9.32. The van der Waals surface area contributed by atoms with Gasteiger partial charge in [-0.25, -0.2) is 17.8 Å². The van der Waals surface area contributed by atoms with E-state index in [0.29, 0.717) is 11.3 Å². The van der Waals surface area contributed by atoms with Gasteiger partial charge in [0.05, 0.1) is 15.6 Å². The third kappa shape index (κ3) is 4.31. The summed E-state index contributed by atoms with van der Waals surface area (Å²) in [6.07, 6.45) is 4.78. The number of pyridine rings is 1. The molecule has 0 radical (unpaired) electrons. The highest BCUT2D eigenvalue weighted by Gasteiger charge is 2.30. The molecular formula is C20H17Cl2FN4O3S. The first-order valence-corrected chi connectivity index (χ1v) is 11.5. The van der Waals surface area contributed by atoms with Crippen LogP contribution < -0.4 is 0 Å². The molecule has 0 aliphatic carbocycles. The van der Waals surface area contributed by atoms with E-state index in [0.717, 1.165) is 12.1 Å². The van der Waals surface area contributed by atoms with Crippen LogP contribution in [-0.4, -0.2) is 59.1 Å². The molecule has 1 amide bonds. The zero-order chi connectivity index (χ0) is 22.2. The number of rotatable bonds is 4. The lowest BCUT2D eigenvalue weighted by molar-refractivity contribution is -0.127. The van der Waals surface area contributed by atoms with Crippen LogP contribution in [0.3, 0.4) is 0 Å². The summed E-state index contributed by atoms with van der Waals surface area (Å²) in [4.78, 5) is 18.3. The van der Waals surface area contributed by atoms with Crippen molar-refractivity contribution in [3.8, 4) is 0 Å². The van der Waals surface area contributed by atoms with Gasteiger partial charge >= 0.3 is 0 Å². The Labute approximate surface area is 188 Å². The van der Waals surface area contributed by atoms with Crippen LogP contribution in [0.2, 0.25) is 10.2 Å². The normalized spacial score (nSPS) is 15.8. The first kappa shape index (κ1) is 21.8. The van der Waals surface area contributed by atoms with E-state index in [4.69, 9.17) is 23.2 Å². The van der Waals surface area contributed by atoms with Gasteiger partial charge in [0, 0.05) is 38.5 Å². The maximum atomic E-state index is 13.4. The average Bonchev–Trinajstić information content (AvgIpc) is 3.08. The van der Waals surface area contributed by atoms with Crippen molar-refractivity contribution < 1.29 is 17.6 Å². The summed E-state index contributed by atoms with van der Waals surface area (Å²) < 4.78 is 41.9. The monoisotopic (exact) mass is 482 g/mol. The molecule has 11 heteroatoms. The fourth-order valence-corrected chi connectivity index (χ4v) is 5.26. The quantitative estimate of drug-likeness (QED) is 0.534. The molecule has 1 aliphatic heterocycles. The molecule has 0 N–H and O–H groups in total. The predicted molar refractivity (Wildman–Crippen MR) is 116 cm³/mol. The van der Waals surface area contributed by atoms with Gasteiger partial charge in [-0.3, -0.25) is 9.20 Å². The molecule has 0 unspecified atom stereocenters. The molecule has 3 heterocycles. The van der Waals surface area contributed by atoms with Gasteiger partial charge in [-0.2, -0.15) is 4.31 Å². The molecule has 1 fully saturated rings. The lowest BCUT2D eigenvalue weighted by Crippen LogP contribution is -2.50. The minimum Gasteiger partial charge on any atom is -0.337 e. The van der Waals surface area contributed by atoms with Gasteiger partial charge in [-0.15, -0.1) is 0 Å². The smallest absolute Gasteiger partial charge is 0.246 e. The van der Waals surface area contributed by atoms with Crippen molar-refractivity contribution >= 4 is 50.9 Å². The van der Waals surface area contributed by atoms with E-state index in [1.165, 1.54) is 16.4 Å². The SMILES string of the molecule is O=C(/C=C/c1c(Cl)nc2ccccn12)N1CCN(S(=O)(=O)c2ccc(F)c(Cl)c2)CC1. The molecular weight excluding hydrogens is 466 g/mol. The van der Waals surface area contributed by atoms with E-state index < -0.39 is 15.8 Å². The number of aromatic nitrogens is 2. The number of piperazine rings is 1. The van der Waals surface area contributed by atoms with E-state index >= 15 is 0 Å². The maximum Gasteiger partial charge on any atom is 0.246 e. The molecule has 4 rings (SSSR count). The standard InChI is InChI=1S/C20H17Cl2FN4O3S/c21-15-13-14(4-5-16(15)23)31(29,30)26-11-9-25(10-12-26)19(28)7-6-17-20(22)24-18-3-1-2-8-27(17)18/h1-8,13H,9-12H2/b7-6+. The third-order valence-electron chi connectivity index (χ3n) is 4.98. The lowest BCUT2D eigenvalue weighted by Gasteiger charge is -2.33. The van der Waals surface area contributed by atoms with E-state index in [9.17, 15) is 17.6 Å². The Morgan fingerprint density at radius 2 is 1.84 bits per heavy atom. The molecule has 31 heavy (non-hydrogen) atoms. The van der Waals surface area contributed by atoms with E-state index in [-0.39, 0.29) is 47.2 Å². The summed E-state index contributed by atoms with van der Waals surface area (Å²) in [5.74, 6) is -0.947. The minimum atomic E-state index is -3.83. The molecule has 1 aromatic carbocycles. The largest absolute Gasteiger partial charge is 0.337 e. The van der Waals surface area contributed by atoms with Crippen LogP contribution >= 0.6 is 23.2 Å². The van der Waals surface area contributed by atoms with Gasteiger partial charge in [0.1, 0.15) is 11.5 Å². The van der Waals surface area contributed by atoms with Crippen molar-refractivity contribution in [3.63, 3.8) is 0 Å². The highest BCUT2D eigenvalue weighted by atomic mass is 35.5. The predicted octanol–water partition coefficient (Wildman–Crippen LogP) is 3.33. The van der Waals surface area contributed by atoms with Crippen LogP contribution in [0, 0.1) is 5.82 Å². The molecule has 7 nitrogen and oxygen atoms in total. The molecule has 0 atom stereocenters. The Kier molecular flexibility index (Phi) is 6.02. The van der Waals surface area contributed by atoms with Gasteiger partial charge in [-0.05, 0) is 36.4 Å². The van der Waals surface area contributed by atoms with E-state index in [2.05, 4.69) is 4.98 Å². The van der Waals surface area contributed by atoms with Crippen molar-refractivity contribution in [2.45, 2.75) is 4.90 Å². The van der Waals surface area contributed by atoms with Crippen molar-refractivity contribution in [1.29, 1.82) is 0 Å². The highest BCUT2D eigenvalue weighted by molar-refractivity contribution is 7.89. The van der Waals surface area contributed by atoms with Crippen LogP contribution in [-0.2, 0) is 14.8 Å². The fraction of sp³-hybridized carbons (Fsp3) is 0.200. The zero-order valence-corrected chi connectivity index (χ0v) is 18.4. The summed E-state index contributed by atoms with van der Waals surface area (Å²) in [6.45, 7) is 0.678. The summed E-state index contributed by atoms with van der Waals surface area (Å²) >= 11 is 11.9. The Balaban J connectivity index is 1.43. The molecule has 0 spiro atoms.